The van der Waals surface area contributed by atoms with Crippen LogP contribution in [0.2, 0.25) is 5.02 Å². The molecule has 3 rings (SSSR count). The van der Waals surface area contributed by atoms with Gasteiger partial charge in [0.05, 0.1) is 16.2 Å². The summed E-state index contributed by atoms with van der Waals surface area (Å²) in [5, 5.41) is 1.78. The van der Waals surface area contributed by atoms with Crippen molar-refractivity contribution in [1.82, 2.24) is 4.98 Å². The fraction of sp³-hybridized carbons (Fsp3) is 0.167. The zero-order valence-corrected chi connectivity index (χ0v) is 12.8. The molecule has 2 aromatic carbocycles. The quantitative estimate of drug-likeness (QED) is 0.542. The number of halogens is 1. The number of aryl methyl sites for hydroxylation is 1. The number of hydrogen-bond donors (Lipinski definition) is 0. The predicted molar refractivity (Wildman–Crippen MR) is 88.3 cm³/mol. The number of benzene rings is 2. The molecule has 3 aromatic rings. The highest BCUT2D eigenvalue weighted by Crippen LogP contribution is 2.28. The minimum atomic E-state index is 0.699. The summed E-state index contributed by atoms with van der Waals surface area (Å²) in [7, 11) is 0. The van der Waals surface area contributed by atoms with E-state index in [1.807, 2.05) is 50.2 Å². The van der Waals surface area contributed by atoms with Gasteiger partial charge in [0, 0.05) is 10.9 Å². The summed E-state index contributed by atoms with van der Waals surface area (Å²) in [6.07, 6.45) is 0. The minimum absolute atomic E-state index is 0.699. The van der Waals surface area contributed by atoms with Gasteiger partial charge in [-0.3, -0.25) is 0 Å². The first-order valence-corrected chi connectivity index (χ1v) is 7.25. The van der Waals surface area contributed by atoms with Gasteiger partial charge < -0.3 is 0 Å². The lowest BCUT2D eigenvalue weighted by atomic mass is 10.0. The van der Waals surface area contributed by atoms with Crippen molar-refractivity contribution in [3.05, 3.63) is 65.2 Å². The molecule has 0 amide bonds. The normalized spacial score (nSPS) is 10.0. The van der Waals surface area contributed by atoms with E-state index in [0.717, 1.165) is 27.7 Å². The van der Waals surface area contributed by atoms with Crippen molar-refractivity contribution < 1.29 is 0 Å². The lowest BCUT2D eigenvalue weighted by molar-refractivity contribution is 1.33. The van der Waals surface area contributed by atoms with Gasteiger partial charge in [0.15, 0.2) is 0 Å². The third-order valence-electron chi connectivity index (χ3n) is 3.03. The van der Waals surface area contributed by atoms with Crippen LogP contribution in [0.1, 0.15) is 19.4 Å². The Kier molecular flexibility index (Phi) is 4.75. The lowest BCUT2D eigenvalue weighted by Crippen LogP contribution is -1.90. The van der Waals surface area contributed by atoms with E-state index < -0.39 is 0 Å². The summed E-state index contributed by atoms with van der Waals surface area (Å²) in [6, 6.07) is 18.2. The maximum Gasteiger partial charge on any atom is 0.0895 e. The van der Waals surface area contributed by atoms with E-state index in [0.29, 0.717) is 5.02 Å². The van der Waals surface area contributed by atoms with E-state index in [1.54, 1.807) is 0 Å². The molecule has 0 N–H and O–H groups in total. The van der Waals surface area contributed by atoms with Crippen LogP contribution >= 0.6 is 11.6 Å². The molecule has 1 aromatic heterocycles. The SMILES string of the molecule is CC.Cc1cc2cccc(Cl)c2nc1-c1ccccc1. The van der Waals surface area contributed by atoms with Crippen LogP contribution in [0, 0.1) is 6.92 Å². The average Bonchev–Trinajstić information content (AvgIpc) is 2.50. The van der Waals surface area contributed by atoms with Crippen LogP contribution in [-0.2, 0) is 0 Å². The van der Waals surface area contributed by atoms with Gasteiger partial charge in [-0.2, -0.15) is 0 Å². The highest BCUT2D eigenvalue weighted by Gasteiger charge is 2.07. The summed E-state index contributed by atoms with van der Waals surface area (Å²) < 4.78 is 0. The predicted octanol–water partition coefficient (Wildman–Crippen LogP) is 5.89. The number of rotatable bonds is 1. The molecule has 0 spiro atoms. The maximum absolute atomic E-state index is 6.21. The van der Waals surface area contributed by atoms with Crippen molar-refractivity contribution in [2.75, 3.05) is 0 Å². The Hall–Kier alpha value is -1.86. The zero-order valence-electron chi connectivity index (χ0n) is 12.0. The van der Waals surface area contributed by atoms with Crippen LogP contribution in [0.25, 0.3) is 22.2 Å². The third kappa shape index (κ3) is 2.83. The average molecular weight is 284 g/mol. The second kappa shape index (κ2) is 6.53. The van der Waals surface area contributed by atoms with Crippen LogP contribution in [0.3, 0.4) is 0 Å². The maximum atomic E-state index is 6.21. The second-order valence-corrected chi connectivity index (χ2v) is 4.74. The van der Waals surface area contributed by atoms with E-state index >= 15 is 0 Å². The van der Waals surface area contributed by atoms with Crippen molar-refractivity contribution >= 4 is 22.5 Å². The number of pyridine rings is 1. The van der Waals surface area contributed by atoms with Gasteiger partial charge in [0.1, 0.15) is 0 Å². The molecule has 0 fully saturated rings. The highest BCUT2D eigenvalue weighted by molar-refractivity contribution is 6.35. The molecule has 2 heteroatoms. The van der Waals surface area contributed by atoms with Crippen LogP contribution < -0.4 is 0 Å². The van der Waals surface area contributed by atoms with Gasteiger partial charge in [-0.25, -0.2) is 4.98 Å². The molecule has 1 nitrogen and oxygen atoms in total. The van der Waals surface area contributed by atoms with Gasteiger partial charge in [0.2, 0.25) is 0 Å². The largest absolute Gasteiger partial charge is 0.246 e. The Morgan fingerprint density at radius 2 is 1.60 bits per heavy atom. The van der Waals surface area contributed by atoms with Crippen molar-refractivity contribution in [2.24, 2.45) is 0 Å². The van der Waals surface area contributed by atoms with Gasteiger partial charge in [0.25, 0.3) is 0 Å². The molecule has 102 valence electrons. The van der Waals surface area contributed by atoms with E-state index in [1.165, 1.54) is 0 Å². The number of nitrogens with zero attached hydrogens (tertiary/aromatic N) is 1. The summed E-state index contributed by atoms with van der Waals surface area (Å²) in [6.45, 7) is 6.08. The molecule has 0 saturated heterocycles. The number of hydrogen-bond acceptors (Lipinski definition) is 1. The smallest absolute Gasteiger partial charge is 0.0895 e. The topological polar surface area (TPSA) is 12.9 Å². The Balaban J connectivity index is 0.000000704. The summed E-state index contributed by atoms with van der Waals surface area (Å²) in [5.41, 5.74) is 4.15. The van der Waals surface area contributed by atoms with Crippen molar-refractivity contribution in [2.45, 2.75) is 20.8 Å². The molecule has 0 bridgehead atoms. The van der Waals surface area contributed by atoms with Crippen LogP contribution in [-0.4, -0.2) is 4.98 Å². The lowest BCUT2D eigenvalue weighted by Gasteiger charge is -2.08. The molecule has 1 heterocycles. The van der Waals surface area contributed by atoms with Crippen molar-refractivity contribution in [3.63, 3.8) is 0 Å². The van der Waals surface area contributed by atoms with E-state index in [-0.39, 0.29) is 0 Å². The Bertz CT molecular complexity index is 705. The zero-order chi connectivity index (χ0) is 14.5. The van der Waals surface area contributed by atoms with Gasteiger partial charge in [-0.15, -0.1) is 0 Å². The van der Waals surface area contributed by atoms with Crippen LogP contribution in [0.4, 0.5) is 0 Å². The molecule has 0 aliphatic rings. The molecular formula is C18H18ClN. The van der Waals surface area contributed by atoms with Crippen molar-refractivity contribution in [3.8, 4) is 11.3 Å². The second-order valence-electron chi connectivity index (χ2n) is 4.33. The number of fused-ring (bicyclic) bond motifs is 1. The monoisotopic (exact) mass is 283 g/mol. The molecular weight excluding hydrogens is 266 g/mol. The highest BCUT2D eigenvalue weighted by atomic mass is 35.5. The molecule has 0 unspecified atom stereocenters. The summed E-state index contributed by atoms with van der Waals surface area (Å²) in [4.78, 5) is 4.71. The Morgan fingerprint density at radius 1 is 0.900 bits per heavy atom. The molecule has 0 aliphatic heterocycles. The molecule has 0 saturated carbocycles. The van der Waals surface area contributed by atoms with Gasteiger partial charge in [-0.05, 0) is 24.6 Å². The van der Waals surface area contributed by atoms with E-state index in [2.05, 4.69) is 25.1 Å². The number of para-hydroxylation sites is 1. The van der Waals surface area contributed by atoms with E-state index in [9.17, 15) is 0 Å². The first kappa shape index (κ1) is 14.5. The first-order chi connectivity index (χ1) is 9.75. The first-order valence-electron chi connectivity index (χ1n) is 6.87. The molecule has 0 radical (unpaired) electrons. The third-order valence-corrected chi connectivity index (χ3v) is 3.34. The van der Waals surface area contributed by atoms with E-state index in [4.69, 9.17) is 16.6 Å². The van der Waals surface area contributed by atoms with Crippen LogP contribution in [0.5, 0.6) is 0 Å². The fourth-order valence-corrected chi connectivity index (χ4v) is 2.38. The summed E-state index contributed by atoms with van der Waals surface area (Å²) >= 11 is 6.21. The fourth-order valence-electron chi connectivity index (χ4n) is 2.16. The number of aromatic nitrogens is 1. The standard InChI is InChI=1S/C16H12ClN.C2H6/c1-11-10-13-8-5-9-14(17)16(13)18-15(11)12-6-3-2-4-7-12;1-2/h2-10H,1H3;1-2H3. The molecule has 20 heavy (non-hydrogen) atoms. The van der Waals surface area contributed by atoms with Crippen LogP contribution in [0.15, 0.2) is 54.6 Å². The minimum Gasteiger partial charge on any atom is -0.246 e. The Morgan fingerprint density at radius 3 is 2.30 bits per heavy atom. The van der Waals surface area contributed by atoms with Crippen molar-refractivity contribution in [1.29, 1.82) is 0 Å². The van der Waals surface area contributed by atoms with Gasteiger partial charge in [-0.1, -0.05) is 67.9 Å². The molecule has 0 atom stereocenters. The summed E-state index contributed by atoms with van der Waals surface area (Å²) in [5.74, 6) is 0. The Labute approximate surface area is 125 Å². The molecule has 0 aliphatic carbocycles. The van der Waals surface area contributed by atoms with Gasteiger partial charge >= 0.3 is 0 Å².